The number of thioether (sulfide) groups is 1. The maximum absolute atomic E-state index is 12.2. The van der Waals surface area contributed by atoms with Crippen LogP contribution in [0.1, 0.15) is 12.5 Å². The summed E-state index contributed by atoms with van der Waals surface area (Å²) in [6.45, 7) is 1.42. The highest BCUT2D eigenvalue weighted by Crippen LogP contribution is 2.29. The van der Waals surface area contributed by atoms with E-state index in [-0.39, 0.29) is 17.3 Å². The van der Waals surface area contributed by atoms with Gasteiger partial charge in [-0.05, 0) is 72.3 Å². The van der Waals surface area contributed by atoms with E-state index in [1.54, 1.807) is 41.1 Å². The van der Waals surface area contributed by atoms with E-state index in [9.17, 15) is 18.0 Å². The zero-order chi connectivity index (χ0) is 30.3. The highest BCUT2D eigenvalue weighted by Gasteiger charge is 2.16. The van der Waals surface area contributed by atoms with Gasteiger partial charge in [0.2, 0.25) is 5.16 Å². The number of nitrogens with zero attached hydrogens (tertiary/aromatic N) is 3. The Balaban J connectivity index is 1.41. The molecule has 0 saturated carbocycles. The lowest BCUT2D eigenvalue weighted by molar-refractivity contribution is -0.137. The number of esters is 2. The molecule has 0 aliphatic rings. The summed E-state index contributed by atoms with van der Waals surface area (Å²) in [4.78, 5) is 28.3. The van der Waals surface area contributed by atoms with E-state index in [2.05, 4.69) is 26.0 Å². The standard InChI is InChI=1S/C29H26BrN3O7S2/c1-19(34)40-25-14-4-20(18-26(25)38-2)5-15-27(35)39-16-17-41-29-31-28(21-6-12-24(13-7-21)42(3,36)37)33(32-29)23-10-8-22(30)9-11-23/h4-15,18H,16-17H2,1-3H3/b15-5+. The second-order valence-corrected chi connectivity index (χ2v) is 12.7. The molecule has 0 unspecified atom stereocenters. The Hall–Kier alpha value is -3.94. The zero-order valence-electron chi connectivity index (χ0n) is 22.8. The first kappa shape index (κ1) is 31.0. The number of benzene rings is 3. The monoisotopic (exact) mass is 671 g/mol. The van der Waals surface area contributed by atoms with Crippen molar-refractivity contribution in [3.05, 3.63) is 82.8 Å². The molecule has 0 atom stereocenters. The van der Waals surface area contributed by atoms with Crippen molar-refractivity contribution in [1.82, 2.24) is 14.8 Å². The largest absolute Gasteiger partial charge is 0.493 e. The molecule has 218 valence electrons. The number of hydrogen-bond acceptors (Lipinski definition) is 10. The van der Waals surface area contributed by atoms with E-state index >= 15 is 0 Å². The predicted molar refractivity (Wildman–Crippen MR) is 163 cm³/mol. The lowest BCUT2D eigenvalue weighted by Crippen LogP contribution is -2.04. The summed E-state index contributed by atoms with van der Waals surface area (Å²) < 4.78 is 42.0. The summed E-state index contributed by atoms with van der Waals surface area (Å²) in [5.74, 6) is 0.590. The summed E-state index contributed by atoms with van der Waals surface area (Å²) >= 11 is 4.75. The molecule has 10 nitrogen and oxygen atoms in total. The third-order valence-electron chi connectivity index (χ3n) is 5.61. The van der Waals surface area contributed by atoms with Gasteiger partial charge >= 0.3 is 11.9 Å². The van der Waals surface area contributed by atoms with Gasteiger partial charge in [0.05, 0.1) is 17.7 Å². The molecule has 4 aromatic rings. The van der Waals surface area contributed by atoms with Crippen LogP contribution in [-0.2, 0) is 24.2 Å². The molecular formula is C29H26BrN3O7S2. The minimum Gasteiger partial charge on any atom is -0.493 e. The van der Waals surface area contributed by atoms with Crippen molar-refractivity contribution in [2.75, 3.05) is 25.7 Å². The van der Waals surface area contributed by atoms with Crippen molar-refractivity contribution >= 4 is 55.5 Å². The highest BCUT2D eigenvalue weighted by atomic mass is 79.9. The van der Waals surface area contributed by atoms with E-state index in [4.69, 9.17) is 14.2 Å². The van der Waals surface area contributed by atoms with Crippen LogP contribution in [0.25, 0.3) is 23.2 Å². The summed E-state index contributed by atoms with van der Waals surface area (Å²) in [5, 5.41) is 5.09. The smallest absolute Gasteiger partial charge is 0.330 e. The molecule has 1 aromatic heterocycles. The molecule has 4 rings (SSSR count). The minimum absolute atomic E-state index is 0.119. The Labute approximate surface area is 255 Å². The van der Waals surface area contributed by atoms with E-state index in [0.29, 0.717) is 33.6 Å². The van der Waals surface area contributed by atoms with Crippen molar-refractivity contribution in [2.45, 2.75) is 17.0 Å². The number of rotatable bonds is 11. The van der Waals surface area contributed by atoms with Crippen LogP contribution in [0.5, 0.6) is 11.5 Å². The Morgan fingerprint density at radius 1 is 1.02 bits per heavy atom. The van der Waals surface area contributed by atoms with Crippen molar-refractivity contribution in [2.24, 2.45) is 0 Å². The molecule has 0 aliphatic carbocycles. The van der Waals surface area contributed by atoms with Crippen molar-refractivity contribution < 1.29 is 32.2 Å². The van der Waals surface area contributed by atoms with Crippen LogP contribution in [0.15, 0.2) is 87.3 Å². The molecule has 0 amide bonds. The van der Waals surface area contributed by atoms with Gasteiger partial charge in [0, 0.05) is 35.0 Å². The fourth-order valence-corrected chi connectivity index (χ4v) is 5.20. The minimum atomic E-state index is -3.34. The summed E-state index contributed by atoms with van der Waals surface area (Å²) in [5.41, 5.74) is 2.13. The molecule has 0 fully saturated rings. The third-order valence-corrected chi connectivity index (χ3v) is 8.07. The number of methoxy groups -OCH3 is 1. The normalized spacial score (nSPS) is 11.4. The molecular weight excluding hydrogens is 646 g/mol. The predicted octanol–water partition coefficient (Wildman–Crippen LogP) is 5.38. The Morgan fingerprint density at radius 3 is 2.38 bits per heavy atom. The zero-order valence-corrected chi connectivity index (χ0v) is 26.0. The fourth-order valence-electron chi connectivity index (χ4n) is 3.67. The number of carbonyl (C=O) groups excluding carboxylic acids is 2. The third kappa shape index (κ3) is 8.30. The lowest BCUT2D eigenvalue weighted by atomic mass is 10.2. The molecule has 0 aliphatic heterocycles. The Kier molecular flexibility index (Phi) is 10.2. The van der Waals surface area contributed by atoms with E-state index in [1.165, 1.54) is 44.0 Å². The van der Waals surface area contributed by atoms with E-state index in [0.717, 1.165) is 16.4 Å². The van der Waals surface area contributed by atoms with E-state index in [1.807, 2.05) is 24.3 Å². The molecule has 3 aromatic carbocycles. The number of hydrogen-bond donors (Lipinski definition) is 0. The number of carbonyl (C=O) groups is 2. The van der Waals surface area contributed by atoms with Crippen LogP contribution in [0.4, 0.5) is 0 Å². The molecule has 13 heteroatoms. The van der Waals surface area contributed by atoms with Crippen molar-refractivity contribution in [1.29, 1.82) is 0 Å². The number of aromatic nitrogens is 3. The first-order chi connectivity index (χ1) is 20.0. The first-order valence-corrected chi connectivity index (χ1v) is 16.1. The average Bonchev–Trinajstić information content (AvgIpc) is 3.38. The van der Waals surface area contributed by atoms with Crippen LogP contribution in [-0.4, -0.2) is 60.8 Å². The quantitative estimate of drug-likeness (QED) is 0.0674. The van der Waals surface area contributed by atoms with Crippen LogP contribution in [0.2, 0.25) is 0 Å². The second kappa shape index (κ2) is 13.8. The molecule has 0 spiro atoms. The van der Waals surface area contributed by atoms with Gasteiger partial charge in [-0.3, -0.25) is 4.79 Å². The number of sulfone groups is 1. The Bertz CT molecular complexity index is 1720. The second-order valence-electron chi connectivity index (χ2n) is 8.76. The number of halogens is 1. The van der Waals surface area contributed by atoms with Crippen molar-refractivity contribution in [3.63, 3.8) is 0 Å². The van der Waals surface area contributed by atoms with E-state index < -0.39 is 21.8 Å². The molecule has 0 saturated heterocycles. The van der Waals surface area contributed by atoms with Gasteiger partial charge in [-0.15, -0.1) is 5.10 Å². The Morgan fingerprint density at radius 2 is 1.74 bits per heavy atom. The molecule has 0 N–H and O–H groups in total. The van der Waals surface area contributed by atoms with Gasteiger partial charge in [0.15, 0.2) is 27.2 Å². The summed E-state index contributed by atoms with van der Waals surface area (Å²) in [6, 6.07) is 18.9. The highest BCUT2D eigenvalue weighted by molar-refractivity contribution is 9.10. The summed E-state index contributed by atoms with van der Waals surface area (Å²) in [7, 11) is -1.88. The van der Waals surface area contributed by atoms with Gasteiger partial charge in [-0.25, -0.2) is 22.9 Å². The van der Waals surface area contributed by atoms with Crippen LogP contribution in [0, 0.1) is 0 Å². The van der Waals surface area contributed by atoms with Crippen LogP contribution < -0.4 is 9.47 Å². The SMILES string of the molecule is COc1cc(/C=C/C(=O)OCCSc2nc(-c3ccc(S(C)(=O)=O)cc3)n(-c3ccc(Br)cc3)n2)ccc1OC(C)=O. The summed E-state index contributed by atoms with van der Waals surface area (Å²) in [6.07, 6.45) is 4.02. The maximum atomic E-state index is 12.2. The topological polar surface area (TPSA) is 127 Å². The first-order valence-electron chi connectivity index (χ1n) is 12.4. The van der Waals surface area contributed by atoms with Gasteiger partial charge in [-0.1, -0.05) is 33.8 Å². The molecule has 1 heterocycles. The van der Waals surface area contributed by atoms with Crippen LogP contribution >= 0.6 is 27.7 Å². The van der Waals surface area contributed by atoms with Crippen LogP contribution in [0.3, 0.4) is 0 Å². The molecule has 0 radical (unpaired) electrons. The fraction of sp³-hybridized carbons (Fsp3) is 0.172. The number of ether oxygens (including phenoxy) is 3. The lowest BCUT2D eigenvalue weighted by Gasteiger charge is -2.08. The van der Waals surface area contributed by atoms with Gasteiger partial charge in [-0.2, -0.15) is 0 Å². The molecule has 0 bridgehead atoms. The van der Waals surface area contributed by atoms with Crippen molar-refractivity contribution in [3.8, 4) is 28.6 Å². The van der Waals surface area contributed by atoms with Gasteiger partial charge in [0.25, 0.3) is 0 Å². The average molecular weight is 673 g/mol. The molecule has 42 heavy (non-hydrogen) atoms. The maximum Gasteiger partial charge on any atom is 0.330 e. The van der Waals surface area contributed by atoms with Gasteiger partial charge < -0.3 is 14.2 Å². The van der Waals surface area contributed by atoms with Gasteiger partial charge in [0.1, 0.15) is 6.61 Å².